The highest BCUT2D eigenvalue weighted by atomic mass is 16.2. The maximum Gasteiger partial charge on any atom is 0.227 e. The maximum atomic E-state index is 13.1. The molecule has 3 aromatic heterocycles. The van der Waals surface area contributed by atoms with Gasteiger partial charge in [-0.3, -0.25) is 9.78 Å². The van der Waals surface area contributed by atoms with E-state index in [1.807, 2.05) is 36.2 Å². The lowest BCUT2D eigenvalue weighted by atomic mass is 9.92. The van der Waals surface area contributed by atoms with Gasteiger partial charge in [-0.25, -0.2) is 9.97 Å². The van der Waals surface area contributed by atoms with E-state index >= 15 is 0 Å². The lowest BCUT2D eigenvalue weighted by molar-refractivity contribution is -0.131. The number of hydrogen-bond donors (Lipinski definition) is 2. The molecule has 0 radical (unpaired) electrons. The van der Waals surface area contributed by atoms with Crippen LogP contribution in [0.4, 0.5) is 0 Å². The first-order valence-corrected chi connectivity index (χ1v) is 10.3. The molecule has 30 heavy (non-hydrogen) atoms. The molecule has 1 fully saturated rings. The van der Waals surface area contributed by atoms with E-state index in [0.717, 1.165) is 58.8 Å². The summed E-state index contributed by atoms with van der Waals surface area (Å²) >= 11 is 0. The van der Waals surface area contributed by atoms with Crippen molar-refractivity contribution in [3.63, 3.8) is 0 Å². The summed E-state index contributed by atoms with van der Waals surface area (Å²) in [5.41, 5.74) is 4.79. The normalized spacial score (nSPS) is 16.8. The molecule has 1 atom stereocenters. The fourth-order valence-electron chi connectivity index (χ4n) is 4.34. The number of H-pyrrole nitrogens is 2. The fraction of sp³-hybridized carbons (Fsp3) is 0.304. The third-order valence-electron chi connectivity index (χ3n) is 5.83. The number of para-hydroxylation sites is 1. The van der Waals surface area contributed by atoms with Crippen molar-refractivity contribution in [1.29, 1.82) is 0 Å². The van der Waals surface area contributed by atoms with Crippen LogP contribution in [-0.2, 0) is 11.2 Å². The molecule has 4 heterocycles. The van der Waals surface area contributed by atoms with Gasteiger partial charge < -0.3 is 14.9 Å². The molecular weight excluding hydrogens is 376 g/mol. The van der Waals surface area contributed by atoms with E-state index in [4.69, 9.17) is 0 Å². The average molecular weight is 400 g/mol. The zero-order valence-electron chi connectivity index (χ0n) is 16.9. The zero-order valence-corrected chi connectivity index (χ0v) is 16.9. The number of piperidine rings is 1. The maximum absolute atomic E-state index is 13.1. The number of benzene rings is 1. The van der Waals surface area contributed by atoms with E-state index in [-0.39, 0.29) is 11.8 Å². The quantitative estimate of drug-likeness (QED) is 0.548. The van der Waals surface area contributed by atoms with Crippen LogP contribution in [0.15, 0.2) is 49.1 Å². The summed E-state index contributed by atoms with van der Waals surface area (Å²) in [5.74, 6) is 1.04. The molecule has 1 amide bonds. The Hall–Kier alpha value is -3.48. The van der Waals surface area contributed by atoms with Gasteiger partial charge in [0.2, 0.25) is 5.91 Å². The van der Waals surface area contributed by atoms with Crippen molar-refractivity contribution in [3.05, 3.63) is 66.0 Å². The van der Waals surface area contributed by atoms with Crippen LogP contribution in [0.2, 0.25) is 0 Å². The van der Waals surface area contributed by atoms with E-state index in [2.05, 4.69) is 31.0 Å². The number of likely N-dealkylation sites (tertiary alicyclic amines) is 1. The number of carbonyl (C=O) groups excluding carboxylic acids is 1. The molecule has 1 saturated heterocycles. The molecular formula is C23H24N6O. The highest BCUT2D eigenvalue weighted by Crippen LogP contribution is 2.31. The molecule has 0 unspecified atom stereocenters. The highest BCUT2D eigenvalue weighted by molar-refractivity contribution is 5.89. The van der Waals surface area contributed by atoms with Gasteiger partial charge in [0.05, 0.1) is 12.1 Å². The molecule has 7 nitrogen and oxygen atoms in total. The van der Waals surface area contributed by atoms with Gasteiger partial charge in [0.15, 0.2) is 5.82 Å². The molecule has 7 heteroatoms. The van der Waals surface area contributed by atoms with Gasteiger partial charge in [0.1, 0.15) is 5.69 Å². The second-order valence-electron chi connectivity index (χ2n) is 7.92. The van der Waals surface area contributed by atoms with Crippen molar-refractivity contribution in [1.82, 2.24) is 29.8 Å². The van der Waals surface area contributed by atoms with Crippen LogP contribution in [0.5, 0.6) is 0 Å². The Morgan fingerprint density at radius 3 is 2.93 bits per heavy atom. The van der Waals surface area contributed by atoms with E-state index in [9.17, 15) is 4.79 Å². The first-order valence-electron chi connectivity index (χ1n) is 10.3. The average Bonchev–Trinajstić information content (AvgIpc) is 3.40. The van der Waals surface area contributed by atoms with Crippen LogP contribution in [0, 0.1) is 6.92 Å². The Morgan fingerprint density at radius 1 is 1.20 bits per heavy atom. The second-order valence-corrected chi connectivity index (χ2v) is 7.92. The molecule has 4 aromatic rings. The second kappa shape index (κ2) is 7.74. The third kappa shape index (κ3) is 3.47. The Kier molecular flexibility index (Phi) is 4.78. The van der Waals surface area contributed by atoms with Crippen molar-refractivity contribution in [2.45, 2.75) is 32.1 Å². The number of fused-ring (bicyclic) bond motifs is 1. The van der Waals surface area contributed by atoms with Crippen LogP contribution >= 0.6 is 0 Å². The zero-order chi connectivity index (χ0) is 20.5. The number of rotatable bonds is 4. The number of nitrogens with one attached hydrogen (secondary N) is 2. The van der Waals surface area contributed by atoms with Gasteiger partial charge in [-0.05, 0) is 31.4 Å². The number of aryl methyl sites for hydroxylation is 1. The van der Waals surface area contributed by atoms with Crippen LogP contribution in [-0.4, -0.2) is 48.8 Å². The van der Waals surface area contributed by atoms with Gasteiger partial charge in [-0.2, -0.15) is 0 Å². The Bertz CT molecular complexity index is 1190. The minimum Gasteiger partial charge on any atom is -0.361 e. The summed E-state index contributed by atoms with van der Waals surface area (Å²) in [7, 11) is 0. The van der Waals surface area contributed by atoms with Gasteiger partial charge in [-0.15, -0.1) is 0 Å². The van der Waals surface area contributed by atoms with Crippen LogP contribution in [0.1, 0.15) is 35.7 Å². The largest absolute Gasteiger partial charge is 0.361 e. The molecule has 1 aliphatic heterocycles. The Morgan fingerprint density at radius 2 is 2.07 bits per heavy atom. The summed E-state index contributed by atoms with van der Waals surface area (Å²) in [6.07, 6.45) is 9.51. The van der Waals surface area contributed by atoms with Crippen LogP contribution in [0.25, 0.3) is 22.4 Å². The highest BCUT2D eigenvalue weighted by Gasteiger charge is 2.28. The lowest BCUT2D eigenvalue weighted by Crippen LogP contribution is -2.40. The molecule has 0 saturated carbocycles. The summed E-state index contributed by atoms with van der Waals surface area (Å²) in [4.78, 5) is 35.2. The summed E-state index contributed by atoms with van der Waals surface area (Å²) in [6.45, 7) is 3.41. The number of nitrogens with zero attached hydrogens (tertiary/aromatic N) is 4. The molecule has 0 aliphatic carbocycles. The molecule has 1 aromatic carbocycles. The van der Waals surface area contributed by atoms with Crippen LogP contribution in [0.3, 0.4) is 0 Å². The van der Waals surface area contributed by atoms with Crippen molar-refractivity contribution < 1.29 is 4.79 Å². The van der Waals surface area contributed by atoms with Crippen molar-refractivity contribution >= 4 is 16.8 Å². The summed E-state index contributed by atoms with van der Waals surface area (Å²) in [6, 6.07) is 8.10. The van der Waals surface area contributed by atoms with Gasteiger partial charge >= 0.3 is 0 Å². The summed E-state index contributed by atoms with van der Waals surface area (Å²) < 4.78 is 0. The number of aromatic amines is 2. The summed E-state index contributed by atoms with van der Waals surface area (Å²) in [5, 5.41) is 1.11. The number of hydrogen-bond acceptors (Lipinski definition) is 4. The predicted octanol–water partition coefficient (Wildman–Crippen LogP) is 3.61. The molecule has 0 bridgehead atoms. The standard InChI is InChI=1S/C23H24N6O/c1-15-12-27-23(28-15)22-21(24-8-9-25-22)16-5-4-10-29(14-16)20(30)11-17-13-26-19-7-3-2-6-18(17)19/h2-3,6-9,12-13,16,26H,4-5,10-11,14H2,1H3,(H,27,28)/t16-/m1/s1. The van der Waals surface area contributed by atoms with E-state index in [1.165, 1.54) is 0 Å². The number of aromatic nitrogens is 5. The minimum atomic E-state index is 0.153. The van der Waals surface area contributed by atoms with E-state index in [1.54, 1.807) is 18.6 Å². The number of amides is 1. The van der Waals surface area contributed by atoms with Gasteiger partial charge in [-0.1, -0.05) is 18.2 Å². The Labute approximate surface area is 174 Å². The van der Waals surface area contributed by atoms with Crippen molar-refractivity contribution in [3.8, 4) is 11.5 Å². The number of carbonyl (C=O) groups is 1. The molecule has 0 spiro atoms. The van der Waals surface area contributed by atoms with Crippen molar-refractivity contribution in [2.24, 2.45) is 0 Å². The van der Waals surface area contributed by atoms with Gasteiger partial charge in [0, 0.05) is 60.4 Å². The first kappa shape index (κ1) is 18.5. The van der Waals surface area contributed by atoms with Crippen molar-refractivity contribution in [2.75, 3.05) is 13.1 Å². The first-order chi connectivity index (χ1) is 14.7. The molecule has 152 valence electrons. The van der Waals surface area contributed by atoms with E-state index < -0.39 is 0 Å². The lowest BCUT2D eigenvalue weighted by Gasteiger charge is -2.33. The Balaban J connectivity index is 1.36. The minimum absolute atomic E-state index is 0.153. The topological polar surface area (TPSA) is 90.6 Å². The molecule has 5 rings (SSSR count). The van der Waals surface area contributed by atoms with Crippen LogP contribution < -0.4 is 0 Å². The fourth-order valence-corrected chi connectivity index (χ4v) is 4.34. The molecule has 2 N–H and O–H groups in total. The number of imidazole rings is 1. The monoisotopic (exact) mass is 400 g/mol. The smallest absolute Gasteiger partial charge is 0.227 e. The predicted molar refractivity (Wildman–Crippen MR) is 115 cm³/mol. The van der Waals surface area contributed by atoms with Gasteiger partial charge in [0.25, 0.3) is 0 Å². The third-order valence-corrected chi connectivity index (χ3v) is 5.83. The van der Waals surface area contributed by atoms with E-state index in [0.29, 0.717) is 13.0 Å². The molecule has 1 aliphatic rings. The SMILES string of the molecule is Cc1cnc(-c2nccnc2[C@@H]2CCCN(C(=O)Cc3c[nH]c4ccccc34)C2)[nH]1.